The van der Waals surface area contributed by atoms with E-state index in [0.717, 1.165) is 19.4 Å². The molecular weight excluding hydrogens is 336 g/mol. The Bertz CT molecular complexity index is 342. The summed E-state index contributed by atoms with van der Waals surface area (Å²) in [5.74, 6) is 0. The van der Waals surface area contributed by atoms with Crippen molar-refractivity contribution >= 4 is 6.41 Å². The highest BCUT2D eigenvalue weighted by atomic mass is 16.1. The minimum absolute atomic E-state index is 0.690. The molecule has 27 heavy (non-hydrogen) atoms. The van der Waals surface area contributed by atoms with Crippen LogP contribution in [0.5, 0.6) is 0 Å². The molecule has 0 unspecified atom stereocenters. The standard InChI is InChI=1S/C22H44N4O/c1-5-9-12-18-24(19-13-10-6-2)20-14-11-15-21-26(23-22-27)25(16-7-3)17-8-4/h7-8,22H,3-6,9-21H2,1-2H3,(H,23,27)/q+1. The van der Waals surface area contributed by atoms with E-state index in [2.05, 4.69) is 37.3 Å². The molecule has 0 aliphatic rings. The van der Waals surface area contributed by atoms with E-state index in [0.29, 0.717) is 13.1 Å². The van der Waals surface area contributed by atoms with Crippen LogP contribution in [-0.4, -0.2) is 55.7 Å². The van der Waals surface area contributed by atoms with Crippen LogP contribution in [0.15, 0.2) is 25.3 Å². The van der Waals surface area contributed by atoms with Crippen molar-refractivity contribution in [1.29, 1.82) is 0 Å². The van der Waals surface area contributed by atoms with Gasteiger partial charge in [0.2, 0.25) is 6.41 Å². The van der Waals surface area contributed by atoms with Gasteiger partial charge in [0.25, 0.3) is 0 Å². The maximum atomic E-state index is 10.9. The number of nitrogens with one attached hydrogen (secondary N) is 1. The first-order valence-corrected chi connectivity index (χ1v) is 10.9. The normalized spacial score (nSPS) is 11.3. The van der Waals surface area contributed by atoms with Crippen LogP contribution >= 0.6 is 0 Å². The number of carbonyl (C=O) groups is 1. The summed E-state index contributed by atoms with van der Waals surface area (Å²) in [6, 6.07) is 0. The van der Waals surface area contributed by atoms with Crippen LogP contribution in [-0.2, 0) is 4.79 Å². The van der Waals surface area contributed by atoms with E-state index in [9.17, 15) is 4.79 Å². The molecule has 0 rings (SSSR count). The van der Waals surface area contributed by atoms with Gasteiger partial charge in [0, 0.05) is 0 Å². The summed E-state index contributed by atoms with van der Waals surface area (Å²) in [7, 11) is 0. The molecule has 0 aliphatic carbocycles. The van der Waals surface area contributed by atoms with Crippen molar-refractivity contribution < 1.29 is 4.79 Å². The van der Waals surface area contributed by atoms with Crippen LogP contribution in [0.4, 0.5) is 0 Å². The second-order valence-electron chi connectivity index (χ2n) is 7.14. The van der Waals surface area contributed by atoms with Crippen LogP contribution in [0.2, 0.25) is 0 Å². The van der Waals surface area contributed by atoms with Gasteiger partial charge in [0.1, 0.15) is 0 Å². The number of rotatable bonds is 21. The SMILES string of the molecule is C=CC[N+](CC=C)N(CCCCCN(CCCCC)CCCCC)NC=O. The smallest absolute Gasteiger partial charge is 0.225 e. The van der Waals surface area contributed by atoms with Crippen molar-refractivity contribution in [2.45, 2.75) is 71.6 Å². The van der Waals surface area contributed by atoms with Crippen LogP contribution in [0.3, 0.4) is 0 Å². The topological polar surface area (TPSA) is 41.5 Å². The second kappa shape index (κ2) is 19.6. The average molecular weight is 381 g/mol. The number of hydrogen-bond donors (Lipinski definition) is 1. The predicted molar refractivity (Wildman–Crippen MR) is 118 cm³/mol. The number of carbonyl (C=O) groups excluding carboxylic acids is 1. The van der Waals surface area contributed by atoms with E-state index in [-0.39, 0.29) is 0 Å². The van der Waals surface area contributed by atoms with Crippen molar-refractivity contribution in [3.8, 4) is 0 Å². The highest BCUT2D eigenvalue weighted by Crippen LogP contribution is 2.06. The Labute approximate surface area is 168 Å². The van der Waals surface area contributed by atoms with Gasteiger partial charge in [-0.25, -0.2) is 5.43 Å². The number of nitrogens with zero attached hydrogens (tertiary/aromatic N) is 3. The Balaban J connectivity index is 4.22. The van der Waals surface area contributed by atoms with Gasteiger partial charge < -0.3 is 4.90 Å². The Kier molecular flexibility index (Phi) is 18.7. The Hall–Kier alpha value is -1.17. The maximum absolute atomic E-state index is 10.9. The number of unbranched alkanes of at least 4 members (excludes halogenated alkanes) is 6. The summed E-state index contributed by atoms with van der Waals surface area (Å²) in [6.07, 6.45) is 15.7. The molecule has 0 saturated heterocycles. The minimum Gasteiger partial charge on any atom is -0.303 e. The molecule has 1 amide bonds. The fraction of sp³-hybridized carbons (Fsp3) is 0.773. The minimum atomic E-state index is 0.690. The van der Waals surface area contributed by atoms with Crippen LogP contribution in [0.1, 0.15) is 71.6 Å². The summed E-state index contributed by atoms with van der Waals surface area (Å²) in [5.41, 5.74) is 2.79. The molecule has 0 heterocycles. The van der Waals surface area contributed by atoms with Crippen LogP contribution in [0.25, 0.3) is 0 Å². The Morgan fingerprint density at radius 1 is 0.778 bits per heavy atom. The quantitative estimate of drug-likeness (QED) is 0.107. The van der Waals surface area contributed by atoms with E-state index >= 15 is 0 Å². The Morgan fingerprint density at radius 2 is 1.26 bits per heavy atom. The second-order valence-corrected chi connectivity index (χ2v) is 7.14. The van der Waals surface area contributed by atoms with Gasteiger partial charge in [-0.3, -0.25) is 4.79 Å². The molecule has 157 valence electrons. The monoisotopic (exact) mass is 380 g/mol. The highest BCUT2D eigenvalue weighted by Gasteiger charge is 2.22. The largest absolute Gasteiger partial charge is 0.303 e. The van der Waals surface area contributed by atoms with Gasteiger partial charge in [0.05, 0.1) is 6.54 Å². The van der Waals surface area contributed by atoms with Gasteiger partial charge >= 0.3 is 0 Å². The first kappa shape index (κ1) is 25.8. The molecule has 0 spiro atoms. The van der Waals surface area contributed by atoms with E-state index < -0.39 is 0 Å². The van der Waals surface area contributed by atoms with Crippen LogP contribution in [0, 0.1) is 0 Å². The number of hydrogen-bond acceptors (Lipinski definition) is 4. The summed E-state index contributed by atoms with van der Waals surface area (Å²) in [5, 5.41) is 3.92. The molecule has 1 radical (unpaired) electrons. The summed E-state index contributed by atoms with van der Waals surface area (Å²) < 4.78 is 0. The molecule has 0 aliphatic heterocycles. The third kappa shape index (κ3) is 14.5. The molecule has 0 bridgehead atoms. The first-order valence-electron chi connectivity index (χ1n) is 10.9. The number of hydrazine groups is 2. The van der Waals surface area contributed by atoms with Crippen LogP contribution < -0.4 is 10.4 Å². The van der Waals surface area contributed by atoms with Gasteiger partial charge in [-0.15, -0.1) is 0 Å². The van der Waals surface area contributed by atoms with Crippen molar-refractivity contribution in [3.63, 3.8) is 0 Å². The third-order valence-corrected chi connectivity index (χ3v) is 4.72. The summed E-state index contributed by atoms with van der Waals surface area (Å²) in [4.78, 5) is 13.6. The molecule has 0 saturated carbocycles. The lowest BCUT2D eigenvalue weighted by Gasteiger charge is -2.23. The molecule has 0 aromatic carbocycles. The average Bonchev–Trinajstić information content (AvgIpc) is 2.66. The predicted octanol–water partition coefficient (Wildman–Crippen LogP) is 4.23. The zero-order valence-corrected chi connectivity index (χ0v) is 18.0. The number of amides is 1. The lowest BCUT2D eigenvalue weighted by atomic mass is 10.2. The van der Waals surface area contributed by atoms with E-state index in [1.165, 1.54) is 71.0 Å². The fourth-order valence-corrected chi connectivity index (χ4v) is 3.20. The first-order chi connectivity index (χ1) is 13.2. The fourth-order valence-electron chi connectivity index (χ4n) is 3.20. The van der Waals surface area contributed by atoms with Gasteiger partial charge in [-0.05, 0) is 62.6 Å². The molecule has 1 N–H and O–H groups in total. The van der Waals surface area contributed by atoms with Crippen molar-refractivity contribution in [2.24, 2.45) is 0 Å². The zero-order valence-electron chi connectivity index (χ0n) is 18.0. The Morgan fingerprint density at radius 3 is 1.70 bits per heavy atom. The summed E-state index contributed by atoms with van der Waals surface area (Å²) in [6.45, 7) is 18.0. The molecule has 0 aromatic heterocycles. The van der Waals surface area contributed by atoms with Gasteiger partial charge in [-0.2, -0.15) is 0 Å². The molecule has 0 fully saturated rings. The van der Waals surface area contributed by atoms with Gasteiger partial charge in [-0.1, -0.05) is 64.1 Å². The lowest BCUT2D eigenvalue weighted by Crippen LogP contribution is -2.55. The molecular formula is C22H44N4O+. The lowest BCUT2D eigenvalue weighted by molar-refractivity contribution is -0.118. The molecule has 0 atom stereocenters. The molecule has 5 nitrogen and oxygen atoms in total. The highest BCUT2D eigenvalue weighted by molar-refractivity contribution is 5.44. The molecule has 5 heteroatoms. The van der Waals surface area contributed by atoms with Gasteiger partial charge in [0.15, 0.2) is 13.1 Å². The van der Waals surface area contributed by atoms with Crippen molar-refractivity contribution in [3.05, 3.63) is 25.3 Å². The zero-order chi connectivity index (χ0) is 20.2. The van der Waals surface area contributed by atoms with E-state index in [1.54, 1.807) is 0 Å². The summed E-state index contributed by atoms with van der Waals surface area (Å²) >= 11 is 0. The van der Waals surface area contributed by atoms with E-state index in [4.69, 9.17) is 0 Å². The van der Waals surface area contributed by atoms with Crippen molar-refractivity contribution in [2.75, 3.05) is 39.3 Å². The maximum Gasteiger partial charge on any atom is 0.225 e. The van der Waals surface area contributed by atoms with Crippen molar-refractivity contribution in [1.82, 2.24) is 20.5 Å². The third-order valence-electron chi connectivity index (χ3n) is 4.72. The van der Waals surface area contributed by atoms with E-state index in [1.807, 2.05) is 22.3 Å². The molecule has 0 aromatic rings.